The Morgan fingerprint density at radius 2 is 1.76 bits per heavy atom. The summed E-state index contributed by atoms with van der Waals surface area (Å²) in [6, 6.07) is 18.0. The molecule has 4 heteroatoms. The molecule has 2 aromatic carbocycles. The van der Waals surface area contributed by atoms with Crippen molar-refractivity contribution < 1.29 is 14.3 Å². The van der Waals surface area contributed by atoms with Gasteiger partial charge >= 0.3 is 5.97 Å². The monoisotopic (exact) mass is 443 g/mol. The maximum Gasteiger partial charge on any atom is 0.336 e. The van der Waals surface area contributed by atoms with E-state index in [1.807, 2.05) is 68.4 Å². The van der Waals surface area contributed by atoms with Crippen LogP contribution in [0.25, 0.3) is 0 Å². The predicted molar refractivity (Wildman–Crippen MR) is 131 cm³/mol. The number of carbonyl (C=O) groups excluding carboxylic acids is 2. The molecule has 0 saturated carbocycles. The summed E-state index contributed by atoms with van der Waals surface area (Å²) in [5.74, 6) is -0.628. The van der Waals surface area contributed by atoms with Crippen LogP contribution in [0.3, 0.4) is 0 Å². The first-order valence-electron chi connectivity index (χ1n) is 11.8. The number of esters is 1. The smallest absolute Gasteiger partial charge is 0.336 e. The lowest BCUT2D eigenvalue weighted by atomic mass is 9.66. The number of benzene rings is 2. The SMILES string of the molecule is CCC1(C)CC(=O)C2=C(C1)NC(C)=C(C(=O)OCCc1ccccc1)C2c1ccccc1C. The van der Waals surface area contributed by atoms with E-state index in [0.717, 1.165) is 46.5 Å². The van der Waals surface area contributed by atoms with Crippen molar-refractivity contribution in [1.82, 2.24) is 5.32 Å². The zero-order chi connectivity index (χ0) is 23.6. The topological polar surface area (TPSA) is 55.4 Å². The van der Waals surface area contributed by atoms with Gasteiger partial charge in [0.05, 0.1) is 12.2 Å². The van der Waals surface area contributed by atoms with E-state index in [0.29, 0.717) is 25.0 Å². The molecule has 0 spiro atoms. The third-order valence-electron chi connectivity index (χ3n) is 7.18. The van der Waals surface area contributed by atoms with E-state index in [2.05, 4.69) is 19.2 Å². The van der Waals surface area contributed by atoms with Gasteiger partial charge in [-0.2, -0.15) is 0 Å². The Kier molecular flexibility index (Phi) is 6.55. The van der Waals surface area contributed by atoms with Crippen LogP contribution in [-0.4, -0.2) is 18.4 Å². The highest BCUT2D eigenvalue weighted by molar-refractivity contribution is 6.04. The molecule has 1 N–H and O–H groups in total. The van der Waals surface area contributed by atoms with Crippen LogP contribution in [0.15, 0.2) is 77.1 Å². The quantitative estimate of drug-likeness (QED) is 0.576. The summed E-state index contributed by atoms with van der Waals surface area (Å²) in [4.78, 5) is 26.9. The van der Waals surface area contributed by atoms with Gasteiger partial charge in [0, 0.05) is 35.7 Å². The van der Waals surface area contributed by atoms with Gasteiger partial charge in [-0.15, -0.1) is 0 Å². The molecule has 33 heavy (non-hydrogen) atoms. The summed E-state index contributed by atoms with van der Waals surface area (Å²) in [6.07, 6.45) is 2.90. The van der Waals surface area contributed by atoms with Crippen molar-refractivity contribution in [3.63, 3.8) is 0 Å². The zero-order valence-corrected chi connectivity index (χ0v) is 20.0. The highest BCUT2D eigenvalue weighted by atomic mass is 16.5. The van der Waals surface area contributed by atoms with E-state index in [4.69, 9.17) is 4.74 Å². The minimum atomic E-state index is -0.402. The first-order chi connectivity index (χ1) is 15.8. The molecule has 4 nitrogen and oxygen atoms in total. The van der Waals surface area contributed by atoms with Gasteiger partial charge in [-0.3, -0.25) is 4.79 Å². The lowest BCUT2D eigenvalue weighted by molar-refractivity contribution is -0.139. The molecular formula is C29H33NO3. The molecule has 4 rings (SSSR count). The summed E-state index contributed by atoms with van der Waals surface area (Å²) >= 11 is 0. The number of carbonyl (C=O) groups is 2. The second kappa shape index (κ2) is 9.38. The molecule has 0 bridgehead atoms. The number of nitrogens with one attached hydrogen (secondary N) is 1. The number of allylic oxidation sites excluding steroid dienone is 3. The summed E-state index contributed by atoms with van der Waals surface area (Å²) in [5.41, 5.74) is 6.14. The fourth-order valence-corrected chi connectivity index (χ4v) is 5.06. The average Bonchev–Trinajstić information content (AvgIpc) is 2.79. The molecule has 2 atom stereocenters. The van der Waals surface area contributed by atoms with Gasteiger partial charge < -0.3 is 10.1 Å². The van der Waals surface area contributed by atoms with Crippen molar-refractivity contribution in [1.29, 1.82) is 0 Å². The van der Waals surface area contributed by atoms with Gasteiger partial charge in [-0.1, -0.05) is 68.4 Å². The van der Waals surface area contributed by atoms with E-state index >= 15 is 0 Å². The van der Waals surface area contributed by atoms with Crippen LogP contribution >= 0.6 is 0 Å². The highest BCUT2D eigenvalue weighted by Crippen LogP contribution is 2.48. The van der Waals surface area contributed by atoms with Crippen molar-refractivity contribution in [3.8, 4) is 0 Å². The Bertz CT molecular complexity index is 1130. The van der Waals surface area contributed by atoms with Crippen molar-refractivity contribution in [2.24, 2.45) is 5.41 Å². The van der Waals surface area contributed by atoms with Gasteiger partial charge in [0.25, 0.3) is 0 Å². The minimum Gasteiger partial charge on any atom is -0.462 e. The number of rotatable bonds is 6. The third-order valence-corrected chi connectivity index (χ3v) is 7.18. The number of ether oxygens (including phenoxy) is 1. The predicted octanol–water partition coefficient (Wildman–Crippen LogP) is 5.78. The molecule has 172 valence electrons. The van der Waals surface area contributed by atoms with E-state index < -0.39 is 5.92 Å². The largest absolute Gasteiger partial charge is 0.462 e. The molecule has 1 aliphatic heterocycles. The van der Waals surface area contributed by atoms with E-state index in [1.54, 1.807) is 0 Å². The molecular weight excluding hydrogens is 410 g/mol. The number of dihydropyridines is 1. The second-order valence-corrected chi connectivity index (χ2v) is 9.66. The number of ketones is 1. The molecule has 2 aliphatic rings. The molecule has 1 heterocycles. The summed E-state index contributed by atoms with van der Waals surface area (Å²) in [5, 5.41) is 3.43. The van der Waals surface area contributed by atoms with Crippen LogP contribution in [0, 0.1) is 12.3 Å². The lowest BCUT2D eigenvalue weighted by Gasteiger charge is -2.41. The number of hydrogen-bond donors (Lipinski definition) is 1. The first kappa shape index (κ1) is 23.0. The van der Waals surface area contributed by atoms with E-state index in [1.165, 1.54) is 0 Å². The molecule has 0 aromatic heterocycles. The molecule has 2 aromatic rings. The maximum atomic E-state index is 13.5. The minimum absolute atomic E-state index is 0.0623. The van der Waals surface area contributed by atoms with Crippen LogP contribution in [0.2, 0.25) is 0 Å². The summed E-state index contributed by atoms with van der Waals surface area (Å²) < 4.78 is 5.75. The third kappa shape index (κ3) is 4.66. The standard InChI is InChI=1S/C29H33NO3/c1-5-29(4)17-23-27(24(31)18-29)26(22-14-10-9-11-19(22)2)25(20(3)30-23)28(32)33-16-15-21-12-7-6-8-13-21/h6-14,26,30H,5,15-18H2,1-4H3. The van der Waals surface area contributed by atoms with Crippen molar-refractivity contribution in [2.45, 2.75) is 59.3 Å². The van der Waals surface area contributed by atoms with Crippen LogP contribution < -0.4 is 5.32 Å². The van der Waals surface area contributed by atoms with Gasteiger partial charge in [0.2, 0.25) is 0 Å². The number of hydrogen-bond acceptors (Lipinski definition) is 4. The molecule has 0 radical (unpaired) electrons. The highest BCUT2D eigenvalue weighted by Gasteiger charge is 2.44. The van der Waals surface area contributed by atoms with Crippen molar-refractivity contribution in [2.75, 3.05) is 6.61 Å². The maximum absolute atomic E-state index is 13.5. The average molecular weight is 444 g/mol. The fourth-order valence-electron chi connectivity index (χ4n) is 5.06. The Morgan fingerprint density at radius 1 is 1.06 bits per heavy atom. The molecule has 2 unspecified atom stereocenters. The van der Waals surface area contributed by atoms with Gasteiger partial charge in [-0.25, -0.2) is 4.79 Å². The van der Waals surface area contributed by atoms with Crippen LogP contribution in [-0.2, 0) is 20.7 Å². The van der Waals surface area contributed by atoms with Crippen LogP contribution in [0.5, 0.6) is 0 Å². The van der Waals surface area contributed by atoms with Crippen molar-refractivity contribution >= 4 is 11.8 Å². The Labute approximate surface area is 196 Å². The molecule has 0 saturated heterocycles. The van der Waals surface area contributed by atoms with Crippen LogP contribution in [0.1, 0.15) is 62.6 Å². The number of aryl methyl sites for hydroxylation is 1. The first-order valence-corrected chi connectivity index (χ1v) is 11.8. The van der Waals surface area contributed by atoms with Gasteiger partial charge in [0.1, 0.15) is 0 Å². The Morgan fingerprint density at radius 3 is 2.45 bits per heavy atom. The summed E-state index contributed by atoms with van der Waals surface area (Å²) in [6.45, 7) is 8.57. The Hall–Kier alpha value is -3.14. The van der Waals surface area contributed by atoms with E-state index in [-0.39, 0.29) is 17.2 Å². The molecule has 0 amide bonds. The molecule has 0 fully saturated rings. The van der Waals surface area contributed by atoms with Gasteiger partial charge in [-0.05, 0) is 48.8 Å². The zero-order valence-electron chi connectivity index (χ0n) is 20.0. The normalized spacial score (nSPS) is 22.7. The van der Waals surface area contributed by atoms with E-state index in [9.17, 15) is 9.59 Å². The van der Waals surface area contributed by atoms with Gasteiger partial charge in [0.15, 0.2) is 5.78 Å². The lowest BCUT2D eigenvalue weighted by Crippen LogP contribution is -2.39. The van der Waals surface area contributed by atoms with Crippen LogP contribution in [0.4, 0.5) is 0 Å². The summed E-state index contributed by atoms with van der Waals surface area (Å²) in [7, 11) is 0. The fraction of sp³-hybridized carbons (Fsp3) is 0.379. The number of Topliss-reactive ketones (excluding diaryl/α,β-unsaturated/α-hetero) is 1. The Balaban J connectivity index is 1.68. The second-order valence-electron chi connectivity index (χ2n) is 9.66. The molecule has 1 aliphatic carbocycles. The van der Waals surface area contributed by atoms with Crippen molar-refractivity contribution in [3.05, 3.63) is 93.8 Å².